The van der Waals surface area contributed by atoms with E-state index in [0.717, 1.165) is 11.8 Å². The van der Waals surface area contributed by atoms with Gasteiger partial charge in [-0.15, -0.1) is 0 Å². The van der Waals surface area contributed by atoms with Gasteiger partial charge in [0, 0.05) is 54.3 Å². The molecule has 0 saturated carbocycles. The number of ether oxygens (including phenoxy) is 1. The van der Waals surface area contributed by atoms with E-state index >= 15 is 0 Å². The largest absolute Gasteiger partial charge is 0.483 e. The number of anilines is 1. The number of fused-ring (bicyclic) bond motifs is 1. The van der Waals surface area contributed by atoms with Crippen LogP contribution in [0.3, 0.4) is 0 Å². The highest BCUT2D eigenvalue weighted by Gasteiger charge is 2.41. The number of H-pyrrole nitrogens is 1. The Morgan fingerprint density at radius 1 is 1.19 bits per heavy atom. The van der Waals surface area contributed by atoms with Gasteiger partial charge >= 0.3 is 0 Å². The molecule has 1 aromatic carbocycles. The number of hydrogen-bond donors (Lipinski definition) is 2. The predicted molar refractivity (Wildman–Crippen MR) is 141 cm³/mol. The maximum atomic E-state index is 14.8. The lowest BCUT2D eigenvalue weighted by Gasteiger charge is -2.48. The summed E-state index contributed by atoms with van der Waals surface area (Å²) in [5.41, 5.74) is 1.78. The van der Waals surface area contributed by atoms with Crippen LogP contribution in [0, 0.1) is 5.82 Å². The Labute approximate surface area is 223 Å². The van der Waals surface area contributed by atoms with E-state index in [1.165, 1.54) is 18.5 Å². The van der Waals surface area contributed by atoms with Gasteiger partial charge < -0.3 is 9.64 Å². The maximum absolute atomic E-state index is 14.8. The summed E-state index contributed by atoms with van der Waals surface area (Å²) in [5.74, 6) is 0.175. The molecule has 4 aromatic rings. The second-order valence-corrected chi connectivity index (χ2v) is 11.9. The number of aromatic amines is 1. The zero-order valence-electron chi connectivity index (χ0n) is 20.1. The minimum absolute atomic E-state index is 0.0226. The third-order valence-electron chi connectivity index (χ3n) is 6.07. The summed E-state index contributed by atoms with van der Waals surface area (Å²) in [6.45, 7) is 4.58. The zero-order valence-corrected chi connectivity index (χ0v) is 22.4. The third kappa shape index (κ3) is 5.22. The van der Waals surface area contributed by atoms with Gasteiger partial charge in [0.05, 0.1) is 27.4 Å². The second-order valence-electron chi connectivity index (χ2n) is 9.37. The lowest BCUT2D eigenvalue weighted by atomic mass is 9.94. The van der Waals surface area contributed by atoms with Crippen molar-refractivity contribution in [1.82, 2.24) is 24.9 Å². The number of halogens is 3. The molecular formula is C24H23Cl2FN6O3S. The Balaban J connectivity index is 1.38. The highest BCUT2D eigenvalue weighted by atomic mass is 35.5. The molecule has 0 aliphatic carbocycles. The molecule has 0 unspecified atom stereocenters. The van der Waals surface area contributed by atoms with Crippen molar-refractivity contribution in [3.8, 4) is 17.0 Å². The summed E-state index contributed by atoms with van der Waals surface area (Å²) in [5, 5.41) is 8.51. The van der Waals surface area contributed by atoms with Crippen molar-refractivity contribution >= 4 is 49.9 Å². The number of aromatic nitrogens is 4. The van der Waals surface area contributed by atoms with Crippen molar-refractivity contribution in [3.05, 3.63) is 64.3 Å². The first-order chi connectivity index (χ1) is 17.4. The number of sulfonamides is 1. The number of pyridine rings is 2. The molecule has 1 saturated heterocycles. The molecule has 4 heterocycles. The number of nitrogens with zero attached hydrogens (tertiary/aromatic N) is 4. The van der Waals surface area contributed by atoms with Crippen LogP contribution in [0.1, 0.15) is 25.5 Å². The fourth-order valence-corrected chi connectivity index (χ4v) is 6.27. The van der Waals surface area contributed by atoms with E-state index < -0.39 is 27.5 Å². The van der Waals surface area contributed by atoms with Crippen molar-refractivity contribution in [2.45, 2.75) is 25.5 Å². The number of hydrogen-bond acceptors (Lipinski definition) is 7. The minimum Gasteiger partial charge on any atom is -0.483 e. The van der Waals surface area contributed by atoms with Crippen LogP contribution in [0.25, 0.3) is 22.2 Å². The van der Waals surface area contributed by atoms with Gasteiger partial charge in [-0.25, -0.2) is 22.5 Å². The first kappa shape index (κ1) is 25.7. The van der Waals surface area contributed by atoms with E-state index in [9.17, 15) is 12.8 Å². The van der Waals surface area contributed by atoms with Crippen molar-refractivity contribution in [2.75, 3.05) is 24.2 Å². The van der Waals surface area contributed by atoms with Gasteiger partial charge in [0.2, 0.25) is 10.0 Å². The fraction of sp³-hybridized carbons (Fsp3) is 0.292. The molecule has 2 N–H and O–H groups in total. The van der Waals surface area contributed by atoms with Crippen LogP contribution >= 0.6 is 23.2 Å². The summed E-state index contributed by atoms with van der Waals surface area (Å²) in [7, 11) is -3.30. The normalized spacial score (nSPS) is 16.0. The van der Waals surface area contributed by atoms with E-state index in [1.54, 1.807) is 19.2 Å². The summed E-state index contributed by atoms with van der Waals surface area (Å²) < 4.78 is 46.5. The monoisotopic (exact) mass is 564 g/mol. The van der Waals surface area contributed by atoms with Crippen LogP contribution in [0.4, 0.5) is 10.2 Å². The SMILES string of the molecule is C[C@@H](Oc1cc2c(-c3ccc(N4CC(C)(NS(C)(=O)=O)C4)nc3)n[nH]c2cc1F)c1c(Cl)cncc1Cl. The molecule has 0 amide bonds. The van der Waals surface area contributed by atoms with E-state index in [2.05, 4.69) is 24.9 Å². The fourth-order valence-electron chi connectivity index (χ4n) is 4.57. The Kier molecular flexibility index (Phi) is 6.51. The van der Waals surface area contributed by atoms with Crippen LogP contribution in [-0.2, 0) is 10.0 Å². The highest BCUT2D eigenvalue weighted by molar-refractivity contribution is 7.88. The second kappa shape index (κ2) is 9.39. The Morgan fingerprint density at radius 3 is 2.51 bits per heavy atom. The van der Waals surface area contributed by atoms with Crippen LogP contribution < -0.4 is 14.4 Å². The van der Waals surface area contributed by atoms with Crippen molar-refractivity contribution in [3.63, 3.8) is 0 Å². The molecule has 13 heteroatoms. The Hall–Kier alpha value is -2.99. The topological polar surface area (TPSA) is 113 Å². The van der Waals surface area contributed by atoms with Gasteiger partial charge in [-0.05, 0) is 32.0 Å². The van der Waals surface area contributed by atoms with Crippen LogP contribution in [0.5, 0.6) is 5.75 Å². The van der Waals surface area contributed by atoms with Gasteiger partial charge in [0.15, 0.2) is 11.6 Å². The summed E-state index contributed by atoms with van der Waals surface area (Å²) in [6.07, 6.45) is 5.10. The first-order valence-electron chi connectivity index (χ1n) is 11.3. The highest BCUT2D eigenvalue weighted by Crippen LogP contribution is 2.36. The van der Waals surface area contributed by atoms with Crippen molar-refractivity contribution in [1.29, 1.82) is 0 Å². The molecule has 0 radical (unpaired) electrons. The molecule has 5 rings (SSSR count). The molecule has 1 atom stereocenters. The molecule has 1 aliphatic rings. The van der Waals surface area contributed by atoms with Crippen LogP contribution in [0.2, 0.25) is 10.0 Å². The zero-order chi connectivity index (χ0) is 26.5. The van der Waals surface area contributed by atoms with E-state index in [-0.39, 0.29) is 5.75 Å². The van der Waals surface area contributed by atoms with E-state index in [4.69, 9.17) is 27.9 Å². The number of rotatable bonds is 7. The van der Waals surface area contributed by atoms with Gasteiger partial charge in [-0.3, -0.25) is 10.1 Å². The number of benzene rings is 1. The lowest BCUT2D eigenvalue weighted by molar-refractivity contribution is 0.217. The predicted octanol–water partition coefficient (Wildman–Crippen LogP) is 4.73. The van der Waals surface area contributed by atoms with Gasteiger partial charge in [0.25, 0.3) is 0 Å². The molecular weight excluding hydrogens is 542 g/mol. The van der Waals surface area contributed by atoms with Crippen LogP contribution in [-0.4, -0.2) is 53.5 Å². The minimum atomic E-state index is -3.30. The summed E-state index contributed by atoms with van der Waals surface area (Å²) in [4.78, 5) is 10.4. The van der Waals surface area contributed by atoms with E-state index in [1.807, 2.05) is 24.0 Å². The smallest absolute Gasteiger partial charge is 0.209 e. The average Bonchev–Trinajstić information content (AvgIpc) is 3.19. The van der Waals surface area contributed by atoms with Gasteiger partial charge in [-0.1, -0.05) is 23.2 Å². The van der Waals surface area contributed by atoms with Crippen molar-refractivity contribution in [2.24, 2.45) is 0 Å². The molecule has 0 bridgehead atoms. The number of nitrogens with one attached hydrogen (secondary N) is 2. The molecule has 9 nitrogen and oxygen atoms in total. The summed E-state index contributed by atoms with van der Waals surface area (Å²) >= 11 is 12.5. The van der Waals surface area contributed by atoms with Crippen molar-refractivity contribution < 1.29 is 17.5 Å². The molecule has 37 heavy (non-hydrogen) atoms. The third-order valence-corrected chi connectivity index (χ3v) is 7.54. The maximum Gasteiger partial charge on any atom is 0.209 e. The molecule has 3 aromatic heterocycles. The first-order valence-corrected chi connectivity index (χ1v) is 13.9. The van der Waals surface area contributed by atoms with Gasteiger partial charge in [-0.2, -0.15) is 5.10 Å². The quantitative estimate of drug-likeness (QED) is 0.333. The average molecular weight is 565 g/mol. The molecule has 0 spiro atoms. The Morgan fingerprint density at radius 2 is 1.89 bits per heavy atom. The molecule has 194 valence electrons. The molecule has 1 fully saturated rings. The Bertz CT molecular complexity index is 1570. The summed E-state index contributed by atoms with van der Waals surface area (Å²) in [6, 6.07) is 6.60. The van der Waals surface area contributed by atoms with Crippen LogP contribution in [0.15, 0.2) is 42.9 Å². The standard InChI is InChI=1S/C24H23Cl2FN6O3S/c1-13(22-16(25)9-28-10-17(22)26)36-20-6-15-19(7-18(20)27)30-31-23(15)14-4-5-21(29-8-14)33-11-24(2,12-33)32-37(3,34)35/h4-10,13,32H,11-12H2,1-3H3,(H,30,31)/t13-/m1/s1. The lowest BCUT2D eigenvalue weighted by Crippen LogP contribution is -2.68. The van der Waals surface area contributed by atoms with E-state index in [0.29, 0.717) is 51.1 Å². The molecule has 1 aliphatic heterocycles. The van der Waals surface area contributed by atoms with Gasteiger partial charge in [0.1, 0.15) is 17.6 Å².